The molecular weight excluding hydrogens is 360 g/mol. The summed E-state index contributed by atoms with van der Waals surface area (Å²) in [7, 11) is 2.20. The zero-order valence-electron chi connectivity index (χ0n) is 16.9. The second kappa shape index (κ2) is 12.9. The van der Waals surface area contributed by atoms with E-state index >= 15 is 0 Å². The van der Waals surface area contributed by atoms with Gasteiger partial charge in [-0.2, -0.15) is 0 Å². The number of nitrogens with zero attached hydrogens (tertiary/aromatic N) is 2. The average molecular weight is 392 g/mol. The van der Waals surface area contributed by atoms with Crippen LogP contribution in [0.2, 0.25) is 0 Å². The number of aryl methyl sites for hydroxylation is 1. The highest BCUT2D eigenvalue weighted by molar-refractivity contribution is 6.27. The van der Waals surface area contributed by atoms with Crippen molar-refractivity contribution < 1.29 is 24.5 Å². The van der Waals surface area contributed by atoms with Gasteiger partial charge in [0.2, 0.25) is 0 Å². The maximum Gasteiger partial charge on any atom is 0.414 e. The molecule has 0 aliphatic carbocycles. The van der Waals surface area contributed by atoms with Gasteiger partial charge in [-0.15, -0.1) is 6.58 Å². The predicted octanol–water partition coefficient (Wildman–Crippen LogP) is 2.29. The molecule has 0 saturated carbocycles. The number of hydrogen-bond acceptors (Lipinski definition) is 5. The first-order valence-corrected chi connectivity index (χ1v) is 9.53. The summed E-state index contributed by atoms with van der Waals surface area (Å²) in [6.07, 6.45) is 5.15. The molecule has 0 amide bonds. The van der Waals surface area contributed by atoms with Crippen LogP contribution in [0.1, 0.15) is 24.0 Å². The number of unbranched alkanes of at least 4 members (excludes halogenated alkanes) is 1. The van der Waals surface area contributed by atoms with Crippen LogP contribution in [0, 0.1) is 6.92 Å². The van der Waals surface area contributed by atoms with Crippen LogP contribution in [-0.2, 0) is 16.0 Å². The van der Waals surface area contributed by atoms with E-state index in [9.17, 15) is 0 Å². The number of carbonyl (C=O) groups is 2. The van der Waals surface area contributed by atoms with Gasteiger partial charge in [0.1, 0.15) is 5.75 Å². The van der Waals surface area contributed by atoms with Gasteiger partial charge in [-0.25, -0.2) is 9.59 Å². The standard InChI is InChI=1S/C19H30N2O.C2H2O4/c1-4-7-18-16-17(2)8-9-19(18)22-15-6-5-10-21-13-11-20(3)12-14-21;3-1(4)2(5)6/h4,8-9,16H,1,5-7,10-15H2,2-3H3;(H,3,4)(H,5,6). The summed E-state index contributed by atoms with van der Waals surface area (Å²) in [5, 5.41) is 14.8. The van der Waals surface area contributed by atoms with Gasteiger partial charge >= 0.3 is 11.9 Å². The van der Waals surface area contributed by atoms with Crippen molar-refractivity contribution in [3.63, 3.8) is 0 Å². The van der Waals surface area contributed by atoms with Gasteiger partial charge < -0.3 is 24.7 Å². The van der Waals surface area contributed by atoms with Gasteiger partial charge in [0, 0.05) is 26.2 Å². The van der Waals surface area contributed by atoms with Gasteiger partial charge in [-0.05, 0) is 51.4 Å². The maximum atomic E-state index is 9.10. The Morgan fingerprint density at radius 1 is 1.14 bits per heavy atom. The molecule has 2 N–H and O–H groups in total. The zero-order chi connectivity index (χ0) is 20.9. The molecule has 0 spiro atoms. The summed E-state index contributed by atoms with van der Waals surface area (Å²) >= 11 is 0. The van der Waals surface area contributed by atoms with E-state index < -0.39 is 11.9 Å². The van der Waals surface area contributed by atoms with Crippen LogP contribution >= 0.6 is 0 Å². The van der Waals surface area contributed by atoms with E-state index in [4.69, 9.17) is 24.5 Å². The largest absolute Gasteiger partial charge is 0.493 e. The number of ether oxygens (including phenoxy) is 1. The van der Waals surface area contributed by atoms with Crippen molar-refractivity contribution in [2.45, 2.75) is 26.2 Å². The molecule has 0 unspecified atom stereocenters. The number of likely N-dealkylation sites (N-methyl/N-ethyl adjacent to an activating group) is 1. The molecule has 1 aliphatic heterocycles. The third-order valence-electron chi connectivity index (χ3n) is 4.49. The van der Waals surface area contributed by atoms with Crippen molar-refractivity contribution >= 4 is 11.9 Å². The van der Waals surface area contributed by atoms with Crippen LogP contribution in [0.4, 0.5) is 0 Å². The fourth-order valence-corrected chi connectivity index (χ4v) is 2.86. The van der Waals surface area contributed by atoms with Crippen molar-refractivity contribution in [3.05, 3.63) is 42.0 Å². The molecule has 1 aromatic carbocycles. The number of benzene rings is 1. The number of allylic oxidation sites excluding steroid dienone is 1. The summed E-state index contributed by atoms with van der Waals surface area (Å²) in [6, 6.07) is 6.40. The quantitative estimate of drug-likeness (QED) is 0.398. The van der Waals surface area contributed by atoms with Gasteiger partial charge in [0.05, 0.1) is 6.61 Å². The van der Waals surface area contributed by atoms with Gasteiger partial charge in [-0.3, -0.25) is 0 Å². The topological polar surface area (TPSA) is 90.3 Å². The lowest BCUT2D eigenvalue weighted by molar-refractivity contribution is -0.159. The Balaban J connectivity index is 0.000000568. The minimum Gasteiger partial charge on any atom is -0.493 e. The summed E-state index contributed by atoms with van der Waals surface area (Å²) in [5.41, 5.74) is 2.52. The first-order valence-electron chi connectivity index (χ1n) is 9.53. The van der Waals surface area contributed by atoms with E-state index in [2.05, 4.69) is 48.5 Å². The van der Waals surface area contributed by atoms with E-state index in [0.717, 1.165) is 25.2 Å². The Labute approximate surface area is 167 Å². The highest BCUT2D eigenvalue weighted by Crippen LogP contribution is 2.21. The molecule has 1 aliphatic rings. The van der Waals surface area contributed by atoms with Crippen molar-refractivity contribution in [2.24, 2.45) is 0 Å². The van der Waals surface area contributed by atoms with Gasteiger partial charge in [-0.1, -0.05) is 23.8 Å². The number of piperazine rings is 1. The Kier molecular flexibility index (Phi) is 10.9. The summed E-state index contributed by atoms with van der Waals surface area (Å²) < 4.78 is 5.98. The summed E-state index contributed by atoms with van der Waals surface area (Å²) in [4.78, 5) is 23.2. The van der Waals surface area contributed by atoms with E-state index in [0.29, 0.717) is 0 Å². The molecule has 0 radical (unpaired) electrons. The van der Waals surface area contributed by atoms with E-state index in [-0.39, 0.29) is 0 Å². The number of carboxylic acid groups (broad SMARTS) is 2. The highest BCUT2D eigenvalue weighted by atomic mass is 16.5. The number of carboxylic acids is 2. The van der Waals surface area contributed by atoms with E-state index in [1.807, 2.05) is 6.08 Å². The second-order valence-corrected chi connectivity index (χ2v) is 6.91. The van der Waals surface area contributed by atoms with Crippen molar-refractivity contribution in [2.75, 3.05) is 46.4 Å². The minimum absolute atomic E-state index is 0.806. The fourth-order valence-electron chi connectivity index (χ4n) is 2.86. The molecular formula is C21H32N2O5. The molecule has 2 rings (SSSR count). The molecule has 0 atom stereocenters. The third kappa shape index (κ3) is 9.53. The average Bonchev–Trinajstić information content (AvgIpc) is 2.65. The van der Waals surface area contributed by atoms with Crippen molar-refractivity contribution in [1.29, 1.82) is 0 Å². The molecule has 1 heterocycles. The van der Waals surface area contributed by atoms with Gasteiger partial charge in [0.25, 0.3) is 0 Å². The minimum atomic E-state index is -1.82. The Bertz CT molecular complexity index is 628. The van der Waals surface area contributed by atoms with E-state index in [1.165, 1.54) is 50.3 Å². The van der Waals surface area contributed by atoms with Crippen LogP contribution < -0.4 is 4.74 Å². The van der Waals surface area contributed by atoms with Crippen LogP contribution in [0.15, 0.2) is 30.9 Å². The molecule has 1 saturated heterocycles. The fraction of sp³-hybridized carbons (Fsp3) is 0.524. The molecule has 0 aromatic heterocycles. The van der Waals surface area contributed by atoms with Gasteiger partial charge in [0.15, 0.2) is 0 Å². The van der Waals surface area contributed by atoms with E-state index in [1.54, 1.807) is 0 Å². The molecule has 1 aromatic rings. The highest BCUT2D eigenvalue weighted by Gasteiger charge is 2.12. The SMILES string of the molecule is C=CCc1cc(C)ccc1OCCCCN1CCN(C)CC1.O=C(O)C(=O)O. The number of rotatable bonds is 8. The molecule has 7 heteroatoms. The molecule has 7 nitrogen and oxygen atoms in total. The number of aliphatic carboxylic acids is 2. The lowest BCUT2D eigenvalue weighted by Crippen LogP contribution is -2.44. The van der Waals surface area contributed by atoms with Crippen LogP contribution in [0.3, 0.4) is 0 Å². The van der Waals surface area contributed by atoms with Crippen molar-refractivity contribution in [3.8, 4) is 5.75 Å². The monoisotopic (exact) mass is 392 g/mol. The normalized spacial score (nSPS) is 14.6. The van der Waals surface area contributed by atoms with Crippen LogP contribution in [0.5, 0.6) is 5.75 Å². The maximum absolute atomic E-state index is 9.10. The Hall–Kier alpha value is -2.38. The smallest absolute Gasteiger partial charge is 0.414 e. The Morgan fingerprint density at radius 2 is 1.79 bits per heavy atom. The Morgan fingerprint density at radius 3 is 2.36 bits per heavy atom. The van der Waals surface area contributed by atoms with Crippen LogP contribution in [-0.4, -0.2) is 78.3 Å². The van der Waals surface area contributed by atoms with Crippen molar-refractivity contribution in [1.82, 2.24) is 9.80 Å². The molecule has 1 fully saturated rings. The first-order chi connectivity index (χ1) is 13.3. The third-order valence-corrected chi connectivity index (χ3v) is 4.49. The summed E-state index contributed by atoms with van der Waals surface area (Å²) in [5.74, 6) is -2.63. The molecule has 28 heavy (non-hydrogen) atoms. The molecule has 0 bridgehead atoms. The molecule has 156 valence electrons. The number of hydrogen-bond donors (Lipinski definition) is 2. The lowest BCUT2D eigenvalue weighted by atomic mass is 10.1. The zero-order valence-corrected chi connectivity index (χ0v) is 16.9. The lowest BCUT2D eigenvalue weighted by Gasteiger charge is -2.32. The van der Waals surface area contributed by atoms with Crippen LogP contribution in [0.25, 0.3) is 0 Å². The second-order valence-electron chi connectivity index (χ2n) is 6.91. The summed E-state index contributed by atoms with van der Waals surface area (Å²) in [6.45, 7) is 12.8. The first kappa shape index (κ1) is 23.7. The predicted molar refractivity (Wildman–Crippen MR) is 109 cm³/mol.